The Morgan fingerprint density at radius 2 is 0.509 bits per heavy atom. The van der Waals surface area contributed by atoms with Gasteiger partial charge in [0.2, 0.25) is 0 Å². The van der Waals surface area contributed by atoms with Crippen molar-refractivity contribution in [2.75, 3.05) is 0 Å². The maximum Gasteiger partial charge on any atom is 0.257 e. The number of hydrogen-bond donors (Lipinski definition) is 0. The molecule has 0 spiro atoms. The fraction of sp³-hybridized carbons (Fsp3) is 0. The summed E-state index contributed by atoms with van der Waals surface area (Å²) in [4.78, 5) is 0. The van der Waals surface area contributed by atoms with E-state index in [0.717, 1.165) is 0 Å². The maximum absolute atomic E-state index is 6.67. The molecule has 4 radical (unpaired) electrons. The highest BCUT2D eigenvalue weighted by molar-refractivity contribution is 6.63. The van der Waals surface area contributed by atoms with E-state index in [4.69, 9.17) is 4.12 Å². The van der Waals surface area contributed by atoms with Crippen LogP contribution in [0.3, 0.4) is 0 Å². The zero-order chi connectivity index (χ0) is 36.0. The molecule has 3 heteroatoms. The Hall–Kier alpha value is -6.37. The predicted octanol–water partition coefficient (Wildman–Crippen LogP) is 12.4. The van der Waals surface area contributed by atoms with Crippen LogP contribution in [0.1, 0.15) is 0 Å². The van der Waals surface area contributed by atoms with Crippen LogP contribution in [0.2, 0.25) is 0 Å². The van der Waals surface area contributed by atoms with Crippen molar-refractivity contribution in [1.82, 2.24) is 0 Å². The second kappa shape index (κ2) is 12.1. The van der Waals surface area contributed by atoms with E-state index in [9.17, 15) is 0 Å². The first kappa shape index (κ1) is 31.0. The minimum absolute atomic E-state index is 0.235. The zero-order valence-corrected chi connectivity index (χ0v) is 31.7. The van der Waals surface area contributed by atoms with Gasteiger partial charge in [0.05, 0.1) is 0 Å². The average molecular weight is 727 g/mol. The van der Waals surface area contributed by atoms with Crippen LogP contribution >= 0.6 is 0 Å². The Bertz CT molecular complexity index is 3350. The van der Waals surface area contributed by atoms with Crippen LogP contribution in [-0.4, -0.2) is 19.5 Å². The van der Waals surface area contributed by atoms with Gasteiger partial charge in [-0.05, 0) is 191 Å². The summed E-state index contributed by atoms with van der Waals surface area (Å²) in [5.74, 6) is 0. The molecule has 0 atom stereocenters. The smallest absolute Gasteiger partial charge is 0.257 e. The molecule has 12 aromatic carbocycles. The fourth-order valence-corrected chi connectivity index (χ4v) is 10.9. The molecule has 0 fully saturated rings. The van der Waals surface area contributed by atoms with Crippen molar-refractivity contribution in [3.63, 3.8) is 0 Å². The summed E-state index contributed by atoms with van der Waals surface area (Å²) in [6.45, 7) is 0. The summed E-state index contributed by atoms with van der Waals surface area (Å²) >= 11 is 0. The molecule has 1 nitrogen and oxygen atoms in total. The largest absolute Gasteiger partial charge is 0.450 e. The summed E-state index contributed by atoms with van der Waals surface area (Å²) < 4.78 is 6.67. The van der Waals surface area contributed by atoms with Gasteiger partial charge in [-0.15, -0.1) is 0 Å². The Morgan fingerprint density at radius 3 is 0.909 bits per heavy atom. The van der Waals surface area contributed by atoms with Gasteiger partial charge in [-0.25, -0.2) is 0 Å². The van der Waals surface area contributed by atoms with Gasteiger partial charge in [-0.2, -0.15) is 0 Å². The third-order valence-electron chi connectivity index (χ3n) is 11.6. The van der Waals surface area contributed by atoms with Crippen molar-refractivity contribution in [2.45, 2.75) is 0 Å². The van der Waals surface area contributed by atoms with Crippen molar-refractivity contribution >= 4 is 138 Å². The molecule has 0 unspecified atom stereocenters. The third-order valence-corrected chi connectivity index (χ3v) is 13.8. The third kappa shape index (κ3) is 5.09. The summed E-state index contributed by atoms with van der Waals surface area (Å²) in [5.41, 5.74) is 0. The number of rotatable bonds is 4. The highest BCUT2D eigenvalue weighted by Crippen LogP contribution is 2.35. The lowest BCUT2D eigenvalue weighted by Crippen LogP contribution is -2.26. The van der Waals surface area contributed by atoms with Gasteiger partial charge in [-0.3, -0.25) is 0 Å². The molecular formula is C52H30OSi2. The lowest BCUT2D eigenvalue weighted by Gasteiger charge is -2.12. The molecule has 0 aliphatic rings. The van der Waals surface area contributed by atoms with Crippen molar-refractivity contribution in [3.05, 3.63) is 182 Å². The molecule has 0 amide bonds. The van der Waals surface area contributed by atoms with Gasteiger partial charge in [0.25, 0.3) is 19.5 Å². The Kier molecular flexibility index (Phi) is 6.81. The minimum atomic E-state index is 0.235. The molecule has 0 aromatic heterocycles. The van der Waals surface area contributed by atoms with E-state index >= 15 is 0 Å². The Balaban J connectivity index is 0.914. The van der Waals surface area contributed by atoms with Crippen LogP contribution in [-0.2, 0) is 4.12 Å². The summed E-state index contributed by atoms with van der Waals surface area (Å²) in [6.07, 6.45) is 0. The zero-order valence-electron chi connectivity index (χ0n) is 29.7. The highest BCUT2D eigenvalue weighted by Gasteiger charge is 2.13. The molecule has 0 heterocycles. The Labute approximate surface area is 322 Å². The van der Waals surface area contributed by atoms with Crippen LogP contribution in [0, 0.1) is 0 Å². The van der Waals surface area contributed by atoms with E-state index in [-0.39, 0.29) is 19.5 Å². The van der Waals surface area contributed by atoms with Crippen LogP contribution in [0.25, 0.3) is 108 Å². The van der Waals surface area contributed by atoms with Gasteiger partial charge < -0.3 is 4.12 Å². The SMILES string of the molecule is c1ccc2cc3cc4c(ccc5cc6cccc([Si]O[Si]c7cccc8cc9ccc%10cc%11cc%12ccccc%12cc%11cc%10c9cc78)c6cc54)cc3cc2c1. The number of hydrogen-bond acceptors (Lipinski definition) is 1. The predicted molar refractivity (Wildman–Crippen MR) is 240 cm³/mol. The summed E-state index contributed by atoms with van der Waals surface area (Å²) in [7, 11) is 0.470. The molecular weight excluding hydrogens is 697 g/mol. The molecule has 0 aliphatic heterocycles. The van der Waals surface area contributed by atoms with Crippen LogP contribution in [0.5, 0.6) is 0 Å². The number of benzene rings is 12. The highest BCUT2D eigenvalue weighted by atomic mass is 28.3. The van der Waals surface area contributed by atoms with Gasteiger partial charge in [-0.1, -0.05) is 109 Å². The first-order valence-corrected chi connectivity index (χ1v) is 20.6. The van der Waals surface area contributed by atoms with Crippen LogP contribution < -0.4 is 10.4 Å². The van der Waals surface area contributed by atoms with E-state index in [1.54, 1.807) is 0 Å². The second-order valence-electron chi connectivity index (χ2n) is 14.9. The first-order valence-electron chi connectivity index (χ1n) is 18.8. The van der Waals surface area contributed by atoms with E-state index < -0.39 is 0 Å². The van der Waals surface area contributed by atoms with Crippen molar-refractivity contribution in [1.29, 1.82) is 0 Å². The van der Waals surface area contributed by atoms with Crippen molar-refractivity contribution in [3.8, 4) is 0 Å². The normalized spacial score (nSPS) is 12.2. The standard InChI is InChI=1S/C52H30OSi2/c1-3-9-33-21-43-27-45-39(25-41(43)19-31(33)7-1)17-15-37-23-35-11-5-13-51(49(35)29-47(37)45)54-53-55-52-14-6-12-36-24-38-16-18-40-26-42-20-32-8-2-4-10-34(32)22-44(42)28-46(40)48(38)30-50(36)52/h1-30H. The molecule has 252 valence electrons. The molecule has 12 rings (SSSR count). The molecule has 0 saturated carbocycles. The van der Waals surface area contributed by atoms with Gasteiger partial charge in [0.15, 0.2) is 0 Å². The van der Waals surface area contributed by atoms with Gasteiger partial charge in [0.1, 0.15) is 0 Å². The minimum Gasteiger partial charge on any atom is -0.450 e. The fourth-order valence-electron chi connectivity index (χ4n) is 8.86. The topological polar surface area (TPSA) is 9.23 Å². The second-order valence-corrected chi connectivity index (χ2v) is 17.2. The molecule has 55 heavy (non-hydrogen) atoms. The molecule has 0 aliphatic carbocycles. The summed E-state index contributed by atoms with van der Waals surface area (Å²) in [6, 6.07) is 67.9. The molecule has 0 saturated heterocycles. The van der Waals surface area contributed by atoms with E-state index in [2.05, 4.69) is 182 Å². The van der Waals surface area contributed by atoms with Crippen molar-refractivity contribution in [2.24, 2.45) is 0 Å². The molecule has 12 aromatic rings. The van der Waals surface area contributed by atoms with E-state index in [1.807, 2.05) is 0 Å². The Morgan fingerprint density at radius 1 is 0.218 bits per heavy atom. The van der Waals surface area contributed by atoms with Crippen molar-refractivity contribution < 1.29 is 4.12 Å². The van der Waals surface area contributed by atoms with Gasteiger partial charge in [0, 0.05) is 0 Å². The molecule has 0 bridgehead atoms. The van der Waals surface area contributed by atoms with Gasteiger partial charge >= 0.3 is 0 Å². The average Bonchev–Trinajstić information content (AvgIpc) is 3.22. The quantitative estimate of drug-likeness (QED) is 0.0997. The summed E-state index contributed by atoms with van der Waals surface area (Å²) in [5, 5.41) is 27.9. The van der Waals surface area contributed by atoms with Crippen LogP contribution in [0.15, 0.2) is 182 Å². The maximum atomic E-state index is 6.67. The monoisotopic (exact) mass is 726 g/mol. The first-order chi connectivity index (χ1) is 27.2. The lowest BCUT2D eigenvalue weighted by molar-refractivity contribution is 0.664. The van der Waals surface area contributed by atoms with E-state index in [0.29, 0.717) is 0 Å². The van der Waals surface area contributed by atoms with Crippen LogP contribution in [0.4, 0.5) is 0 Å². The van der Waals surface area contributed by atoms with E-state index in [1.165, 1.54) is 118 Å². The number of fused-ring (bicyclic) bond motifs is 12. The molecule has 0 N–H and O–H groups in total. The lowest BCUT2D eigenvalue weighted by atomic mass is 9.95.